The van der Waals surface area contributed by atoms with Gasteiger partial charge in [-0.1, -0.05) is 30.3 Å². The highest BCUT2D eigenvalue weighted by Crippen LogP contribution is 2.19. The Morgan fingerprint density at radius 2 is 2.05 bits per heavy atom. The van der Waals surface area contributed by atoms with Crippen LogP contribution in [0.25, 0.3) is 0 Å². The molecule has 21 heavy (non-hydrogen) atoms. The molecular formula is C16H16N4O. The Morgan fingerprint density at radius 3 is 2.86 bits per heavy atom. The molecule has 2 heterocycles. The average Bonchev–Trinajstić information content (AvgIpc) is 2.56. The van der Waals surface area contributed by atoms with E-state index in [2.05, 4.69) is 33.1 Å². The number of benzene rings is 1. The van der Waals surface area contributed by atoms with Crippen LogP contribution in [-0.4, -0.2) is 35.8 Å². The number of ether oxygens (including phenoxy) is 1. The SMILES string of the molecule is N#Cc1nccnc1N1CCOC(Cc2ccccc2)C1. The minimum Gasteiger partial charge on any atom is -0.374 e. The first-order chi connectivity index (χ1) is 10.4. The second-order valence-corrected chi connectivity index (χ2v) is 4.97. The lowest BCUT2D eigenvalue weighted by Gasteiger charge is -2.33. The fourth-order valence-electron chi connectivity index (χ4n) is 2.55. The predicted molar refractivity (Wildman–Crippen MR) is 78.8 cm³/mol. The van der Waals surface area contributed by atoms with Gasteiger partial charge in [0.25, 0.3) is 0 Å². The van der Waals surface area contributed by atoms with Crippen molar-refractivity contribution >= 4 is 5.82 Å². The Bertz CT molecular complexity index is 638. The molecule has 1 aliphatic rings. The molecule has 1 aliphatic heterocycles. The van der Waals surface area contributed by atoms with Crippen molar-refractivity contribution in [2.45, 2.75) is 12.5 Å². The van der Waals surface area contributed by atoms with E-state index in [1.54, 1.807) is 12.4 Å². The Kier molecular flexibility index (Phi) is 4.08. The van der Waals surface area contributed by atoms with E-state index in [0.717, 1.165) is 19.5 Å². The molecule has 106 valence electrons. The predicted octanol–water partition coefficient (Wildman–Crippen LogP) is 1.80. The van der Waals surface area contributed by atoms with Crippen molar-refractivity contribution in [1.29, 1.82) is 5.26 Å². The van der Waals surface area contributed by atoms with Crippen molar-refractivity contribution in [3.63, 3.8) is 0 Å². The number of nitrogens with zero attached hydrogens (tertiary/aromatic N) is 4. The summed E-state index contributed by atoms with van der Waals surface area (Å²) in [7, 11) is 0. The molecule has 0 radical (unpaired) electrons. The van der Waals surface area contributed by atoms with Gasteiger partial charge in [0.1, 0.15) is 6.07 Å². The van der Waals surface area contributed by atoms with Crippen molar-refractivity contribution in [2.75, 3.05) is 24.6 Å². The molecule has 2 aromatic rings. The summed E-state index contributed by atoms with van der Waals surface area (Å²) in [6, 6.07) is 12.4. The first-order valence-electron chi connectivity index (χ1n) is 6.98. The number of anilines is 1. The van der Waals surface area contributed by atoms with Crippen LogP contribution in [0.2, 0.25) is 0 Å². The molecule has 0 bridgehead atoms. The van der Waals surface area contributed by atoms with Crippen LogP contribution in [0.3, 0.4) is 0 Å². The molecule has 1 fully saturated rings. The van der Waals surface area contributed by atoms with Gasteiger partial charge < -0.3 is 9.64 Å². The van der Waals surface area contributed by atoms with Crippen LogP contribution in [0.15, 0.2) is 42.7 Å². The van der Waals surface area contributed by atoms with E-state index >= 15 is 0 Å². The van der Waals surface area contributed by atoms with Crippen LogP contribution in [0, 0.1) is 11.3 Å². The molecule has 1 aromatic heterocycles. The van der Waals surface area contributed by atoms with E-state index in [-0.39, 0.29) is 6.10 Å². The molecule has 0 aliphatic carbocycles. The number of aromatic nitrogens is 2. The van der Waals surface area contributed by atoms with Crippen LogP contribution in [0.4, 0.5) is 5.82 Å². The van der Waals surface area contributed by atoms with Gasteiger partial charge >= 0.3 is 0 Å². The zero-order chi connectivity index (χ0) is 14.5. The molecule has 1 saturated heterocycles. The Balaban J connectivity index is 1.73. The quantitative estimate of drug-likeness (QED) is 0.858. The first-order valence-corrected chi connectivity index (χ1v) is 6.98. The lowest BCUT2D eigenvalue weighted by atomic mass is 10.1. The van der Waals surface area contributed by atoms with Crippen LogP contribution in [0.1, 0.15) is 11.3 Å². The summed E-state index contributed by atoms with van der Waals surface area (Å²) in [5, 5.41) is 9.14. The van der Waals surface area contributed by atoms with Gasteiger partial charge in [0.05, 0.1) is 12.7 Å². The summed E-state index contributed by atoms with van der Waals surface area (Å²) in [6.45, 7) is 2.10. The molecule has 0 spiro atoms. The minimum atomic E-state index is 0.106. The molecular weight excluding hydrogens is 264 g/mol. The lowest BCUT2D eigenvalue weighted by Crippen LogP contribution is -2.44. The van der Waals surface area contributed by atoms with E-state index in [0.29, 0.717) is 18.1 Å². The zero-order valence-electron chi connectivity index (χ0n) is 11.6. The first kappa shape index (κ1) is 13.5. The van der Waals surface area contributed by atoms with Gasteiger partial charge in [-0.25, -0.2) is 9.97 Å². The maximum atomic E-state index is 9.14. The summed E-state index contributed by atoms with van der Waals surface area (Å²) in [4.78, 5) is 10.5. The molecule has 5 heteroatoms. The Labute approximate surface area is 123 Å². The van der Waals surface area contributed by atoms with Crippen molar-refractivity contribution in [3.8, 4) is 6.07 Å². The molecule has 0 amide bonds. The van der Waals surface area contributed by atoms with Crippen molar-refractivity contribution in [1.82, 2.24) is 9.97 Å². The topological polar surface area (TPSA) is 62.0 Å². The van der Waals surface area contributed by atoms with E-state index in [1.807, 2.05) is 18.2 Å². The van der Waals surface area contributed by atoms with E-state index in [1.165, 1.54) is 5.56 Å². The summed E-state index contributed by atoms with van der Waals surface area (Å²) in [5.41, 5.74) is 1.63. The summed E-state index contributed by atoms with van der Waals surface area (Å²) >= 11 is 0. The summed E-state index contributed by atoms with van der Waals surface area (Å²) in [6.07, 6.45) is 4.14. The van der Waals surface area contributed by atoms with E-state index in [4.69, 9.17) is 10.00 Å². The number of rotatable bonds is 3. The largest absolute Gasteiger partial charge is 0.374 e. The van der Waals surface area contributed by atoms with Crippen molar-refractivity contribution in [2.24, 2.45) is 0 Å². The van der Waals surface area contributed by atoms with Crippen LogP contribution in [-0.2, 0) is 11.2 Å². The van der Waals surface area contributed by atoms with Gasteiger partial charge in [-0.05, 0) is 5.56 Å². The van der Waals surface area contributed by atoms with Gasteiger partial charge in [-0.15, -0.1) is 0 Å². The molecule has 1 unspecified atom stereocenters. The fourth-order valence-corrected chi connectivity index (χ4v) is 2.55. The number of hydrogen-bond donors (Lipinski definition) is 0. The van der Waals surface area contributed by atoms with Crippen LogP contribution in [0.5, 0.6) is 0 Å². The maximum absolute atomic E-state index is 9.14. The summed E-state index contributed by atoms with van der Waals surface area (Å²) < 4.78 is 5.83. The smallest absolute Gasteiger partial charge is 0.183 e. The second kappa shape index (κ2) is 6.33. The Hall–Kier alpha value is -2.45. The zero-order valence-corrected chi connectivity index (χ0v) is 11.6. The van der Waals surface area contributed by atoms with Crippen molar-refractivity contribution in [3.05, 3.63) is 54.0 Å². The van der Waals surface area contributed by atoms with Gasteiger partial charge in [0.2, 0.25) is 0 Å². The third kappa shape index (κ3) is 3.18. The molecule has 0 saturated carbocycles. The highest BCUT2D eigenvalue weighted by Gasteiger charge is 2.23. The normalized spacial score (nSPS) is 18.2. The van der Waals surface area contributed by atoms with Gasteiger partial charge in [-0.2, -0.15) is 5.26 Å². The fraction of sp³-hybridized carbons (Fsp3) is 0.312. The number of nitriles is 1. The number of hydrogen-bond acceptors (Lipinski definition) is 5. The second-order valence-electron chi connectivity index (χ2n) is 4.97. The van der Waals surface area contributed by atoms with E-state index < -0.39 is 0 Å². The summed E-state index contributed by atoms with van der Waals surface area (Å²) in [5.74, 6) is 0.654. The highest BCUT2D eigenvalue weighted by molar-refractivity contribution is 5.49. The third-order valence-corrected chi connectivity index (χ3v) is 3.53. The standard InChI is InChI=1S/C16H16N4O/c17-11-15-16(19-7-6-18-15)20-8-9-21-14(12-20)10-13-4-2-1-3-5-13/h1-7,14H,8-10,12H2. The van der Waals surface area contributed by atoms with E-state index in [9.17, 15) is 0 Å². The minimum absolute atomic E-state index is 0.106. The monoisotopic (exact) mass is 280 g/mol. The molecule has 1 aromatic carbocycles. The highest BCUT2D eigenvalue weighted by atomic mass is 16.5. The van der Waals surface area contributed by atoms with Crippen molar-refractivity contribution < 1.29 is 4.74 Å². The van der Waals surface area contributed by atoms with Crippen LogP contribution < -0.4 is 4.90 Å². The van der Waals surface area contributed by atoms with Gasteiger partial charge in [0, 0.05) is 31.9 Å². The van der Waals surface area contributed by atoms with Gasteiger partial charge in [0.15, 0.2) is 11.5 Å². The van der Waals surface area contributed by atoms with Gasteiger partial charge in [-0.3, -0.25) is 0 Å². The maximum Gasteiger partial charge on any atom is 0.183 e. The third-order valence-electron chi connectivity index (χ3n) is 3.53. The molecule has 1 atom stereocenters. The number of morpholine rings is 1. The molecule has 5 nitrogen and oxygen atoms in total. The molecule has 3 rings (SSSR count). The lowest BCUT2D eigenvalue weighted by molar-refractivity contribution is 0.0408. The average molecular weight is 280 g/mol. The Morgan fingerprint density at radius 1 is 1.24 bits per heavy atom. The van der Waals surface area contributed by atoms with Crippen LogP contribution >= 0.6 is 0 Å². The molecule has 0 N–H and O–H groups in total.